The SMILES string of the molecule is C=CC(=O)N1CCCC1c1ccc(C(=O)NC2CCN(C(=O)OCC)CC2)cc1. The van der Waals surface area contributed by atoms with E-state index < -0.39 is 0 Å². The third-order valence-electron chi connectivity index (χ3n) is 5.62. The molecule has 2 heterocycles. The van der Waals surface area contributed by atoms with Crippen LogP contribution < -0.4 is 5.32 Å². The summed E-state index contributed by atoms with van der Waals surface area (Å²) in [7, 11) is 0. The van der Waals surface area contributed by atoms with Gasteiger partial charge in [-0.1, -0.05) is 18.7 Å². The first-order valence-corrected chi connectivity index (χ1v) is 10.3. The van der Waals surface area contributed by atoms with E-state index in [2.05, 4.69) is 11.9 Å². The Morgan fingerprint density at radius 3 is 2.45 bits per heavy atom. The minimum absolute atomic E-state index is 0.0448. The number of carbonyl (C=O) groups excluding carboxylic acids is 3. The molecule has 0 aliphatic carbocycles. The van der Waals surface area contributed by atoms with E-state index in [4.69, 9.17) is 4.74 Å². The predicted octanol–water partition coefficient (Wildman–Crippen LogP) is 2.89. The third kappa shape index (κ3) is 4.96. The number of benzene rings is 1. The number of nitrogens with one attached hydrogen (secondary N) is 1. The van der Waals surface area contributed by atoms with E-state index in [1.807, 2.05) is 29.2 Å². The van der Waals surface area contributed by atoms with Gasteiger partial charge in [-0.2, -0.15) is 0 Å². The van der Waals surface area contributed by atoms with Crippen LogP contribution in [0.2, 0.25) is 0 Å². The van der Waals surface area contributed by atoms with E-state index in [0.717, 1.165) is 24.9 Å². The van der Waals surface area contributed by atoms with E-state index in [9.17, 15) is 14.4 Å². The summed E-state index contributed by atoms with van der Waals surface area (Å²) in [6.45, 7) is 7.63. The van der Waals surface area contributed by atoms with Crippen LogP contribution in [-0.2, 0) is 9.53 Å². The summed E-state index contributed by atoms with van der Waals surface area (Å²) in [5.74, 6) is -0.167. The number of hydrogen-bond donors (Lipinski definition) is 1. The summed E-state index contributed by atoms with van der Waals surface area (Å²) >= 11 is 0. The van der Waals surface area contributed by atoms with Crippen molar-refractivity contribution in [2.75, 3.05) is 26.2 Å². The van der Waals surface area contributed by atoms with E-state index in [1.54, 1.807) is 11.8 Å². The molecule has 0 radical (unpaired) electrons. The molecule has 0 spiro atoms. The van der Waals surface area contributed by atoms with Gasteiger partial charge in [0.25, 0.3) is 5.91 Å². The van der Waals surface area contributed by atoms with Crippen LogP contribution in [0.1, 0.15) is 54.6 Å². The maximum absolute atomic E-state index is 12.6. The Bertz CT molecular complexity index is 754. The molecular formula is C22H29N3O4. The quantitative estimate of drug-likeness (QED) is 0.772. The van der Waals surface area contributed by atoms with Crippen molar-refractivity contribution in [3.05, 3.63) is 48.0 Å². The fourth-order valence-corrected chi connectivity index (χ4v) is 4.04. The summed E-state index contributed by atoms with van der Waals surface area (Å²) in [5.41, 5.74) is 1.64. The van der Waals surface area contributed by atoms with Gasteiger partial charge in [-0.15, -0.1) is 0 Å². The number of carbonyl (C=O) groups is 3. The Labute approximate surface area is 171 Å². The number of nitrogens with zero attached hydrogens (tertiary/aromatic N) is 2. The molecule has 156 valence electrons. The molecule has 1 unspecified atom stereocenters. The standard InChI is InChI=1S/C22H29N3O4/c1-3-20(26)25-13-5-6-19(25)16-7-9-17(10-8-16)21(27)23-18-11-14-24(15-12-18)22(28)29-4-2/h3,7-10,18-19H,1,4-6,11-15H2,2H3,(H,23,27). The Balaban J connectivity index is 1.54. The van der Waals surface area contributed by atoms with Gasteiger partial charge < -0.3 is 19.9 Å². The van der Waals surface area contributed by atoms with Crippen LogP contribution in [0.5, 0.6) is 0 Å². The van der Waals surface area contributed by atoms with E-state index in [1.165, 1.54) is 6.08 Å². The van der Waals surface area contributed by atoms with Crippen molar-refractivity contribution in [3.8, 4) is 0 Å². The maximum Gasteiger partial charge on any atom is 0.409 e. The topological polar surface area (TPSA) is 79.0 Å². The molecule has 2 saturated heterocycles. The first-order chi connectivity index (χ1) is 14.0. The van der Waals surface area contributed by atoms with Gasteiger partial charge in [0.2, 0.25) is 5.91 Å². The molecule has 0 aromatic heterocycles. The van der Waals surface area contributed by atoms with Crippen molar-refractivity contribution in [2.45, 2.75) is 44.7 Å². The van der Waals surface area contributed by atoms with Gasteiger partial charge in [0.05, 0.1) is 12.6 Å². The van der Waals surface area contributed by atoms with Crippen LogP contribution in [0.25, 0.3) is 0 Å². The normalized spacial score (nSPS) is 19.7. The summed E-state index contributed by atoms with van der Waals surface area (Å²) in [6, 6.07) is 7.57. The Kier molecular flexibility index (Phi) is 6.90. The highest BCUT2D eigenvalue weighted by molar-refractivity contribution is 5.94. The molecule has 7 heteroatoms. The van der Waals surface area contributed by atoms with Gasteiger partial charge in [0.1, 0.15) is 0 Å². The van der Waals surface area contributed by atoms with Crippen molar-refractivity contribution >= 4 is 17.9 Å². The predicted molar refractivity (Wildman–Crippen MR) is 109 cm³/mol. The van der Waals surface area contributed by atoms with Crippen molar-refractivity contribution in [1.82, 2.24) is 15.1 Å². The highest BCUT2D eigenvalue weighted by atomic mass is 16.6. The number of rotatable bonds is 5. The van der Waals surface area contributed by atoms with Crippen LogP contribution in [0.4, 0.5) is 4.79 Å². The Hall–Kier alpha value is -2.83. The molecule has 1 atom stereocenters. The maximum atomic E-state index is 12.6. The number of amides is 3. The molecular weight excluding hydrogens is 370 g/mol. The van der Waals surface area contributed by atoms with Gasteiger partial charge in [-0.3, -0.25) is 9.59 Å². The number of likely N-dealkylation sites (tertiary alicyclic amines) is 2. The summed E-state index contributed by atoms with van der Waals surface area (Å²) in [4.78, 5) is 39.9. The van der Waals surface area contributed by atoms with Gasteiger partial charge in [0, 0.05) is 31.2 Å². The van der Waals surface area contributed by atoms with Gasteiger partial charge >= 0.3 is 6.09 Å². The van der Waals surface area contributed by atoms with Crippen molar-refractivity contribution in [2.24, 2.45) is 0 Å². The van der Waals surface area contributed by atoms with E-state index >= 15 is 0 Å². The molecule has 1 aromatic rings. The lowest BCUT2D eigenvalue weighted by Gasteiger charge is -2.31. The molecule has 2 fully saturated rings. The number of ether oxygens (including phenoxy) is 1. The molecule has 1 aromatic carbocycles. The third-order valence-corrected chi connectivity index (χ3v) is 5.62. The first-order valence-electron chi connectivity index (χ1n) is 10.3. The van der Waals surface area contributed by atoms with Gasteiger partial charge in [-0.05, 0) is 56.4 Å². The molecule has 0 saturated carbocycles. The molecule has 2 aliphatic heterocycles. The lowest BCUT2D eigenvalue weighted by Crippen LogP contribution is -2.46. The van der Waals surface area contributed by atoms with Gasteiger partial charge in [-0.25, -0.2) is 4.79 Å². The van der Waals surface area contributed by atoms with Crippen LogP contribution >= 0.6 is 0 Å². The fraction of sp³-hybridized carbons (Fsp3) is 0.500. The second-order valence-corrected chi connectivity index (χ2v) is 7.45. The zero-order valence-corrected chi connectivity index (χ0v) is 16.9. The highest BCUT2D eigenvalue weighted by Crippen LogP contribution is 2.32. The van der Waals surface area contributed by atoms with Crippen LogP contribution in [0, 0.1) is 0 Å². The first kappa shape index (κ1) is 20.9. The number of hydrogen-bond acceptors (Lipinski definition) is 4. The van der Waals surface area contributed by atoms with Crippen molar-refractivity contribution < 1.29 is 19.1 Å². The monoisotopic (exact) mass is 399 g/mol. The van der Waals surface area contributed by atoms with E-state index in [0.29, 0.717) is 38.1 Å². The molecule has 0 bridgehead atoms. The Morgan fingerprint density at radius 2 is 1.83 bits per heavy atom. The summed E-state index contributed by atoms with van der Waals surface area (Å²) in [6.07, 6.45) is 4.38. The Morgan fingerprint density at radius 1 is 1.14 bits per heavy atom. The van der Waals surface area contributed by atoms with Crippen LogP contribution in [-0.4, -0.2) is 60.0 Å². The average Bonchev–Trinajstić information content (AvgIpc) is 3.24. The molecule has 7 nitrogen and oxygen atoms in total. The molecule has 3 rings (SSSR count). The smallest absolute Gasteiger partial charge is 0.409 e. The fourth-order valence-electron chi connectivity index (χ4n) is 4.04. The lowest BCUT2D eigenvalue weighted by molar-refractivity contribution is -0.126. The number of piperidine rings is 1. The average molecular weight is 399 g/mol. The van der Waals surface area contributed by atoms with Crippen molar-refractivity contribution in [1.29, 1.82) is 0 Å². The molecule has 1 N–H and O–H groups in total. The van der Waals surface area contributed by atoms with Crippen molar-refractivity contribution in [3.63, 3.8) is 0 Å². The zero-order chi connectivity index (χ0) is 20.8. The second kappa shape index (κ2) is 9.58. The largest absolute Gasteiger partial charge is 0.450 e. The van der Waals surface area contributed by atoms with Crippen LogP contribution in [0.15, 0.2) is 36.9 Å². The minimum Gasteiger partial charge on any atom is -0.450 e. The minimum atomic E-state index is -0.288. The molecule has 29 heavy (non-hydrogen) atoms. The molecule has 3 amide bonds. The van der Waals surface area contributed by atoms with Gasteiger partial charge in [0.15, 0.2) is 0 Å². The summed E-state index contributed by atoms with van der Waals surface area (Å²) in [5, 5.41) is 3.06. The summed E-state index contributed by atoms with van der Waals surface area (Å²) < 4.78 is 5.02. The molecule has 2 aliphatic rings. The highest BCUT2D eigenvalue weighted by Gasteiger charge is 2.29. The lowest BCUT2D eigenvalue weighted by atomic mass is 10.0. The van der Waals surface area contributed by atoms with E-state index in [-0.39, 0.29) is 30.0 Å². The second-order valence-electron chi connectivity index (χ2n) is 7.45. The zero-order valence-electron chi connectivity index (χ0n) is 16.9. The van der Waals surface area contributed by atoms with Crippen LogP contribution in [0.3, 0.4) is 0 Å².